The lowest BCUT2D eigenvalue weighted by atomic mass is 10.1. The van der Waals surface area contributed by atoms with Gasteiger partial charge in [-0.25, -0.2) is 9.18 Å². The van der Waals surface area contributed by atoms with Gasteiger partial charge < -0.3 is 29.0 Å². The summed E-state index contributed by atoms with van der Waals surface area (Å²) in [6.07, 6.45) is -4.00. The second-order valence-electron chi connectivity index (χ2n) is 9.59. The molecule has 0 spiro atoms. The molecule has 4 atom stereocenters. The molecule has 14 heteroatoms. The summed E-state index contributed by atoms with van der Waals surface area (Å²) in [7, 11) is 0. The first-order valence-corrected chi connectivity index (χ1v) is 12.1. The van der Waals surface area contributed by atoms with Crippen LogP contribution in [0.1, 0.15) is 54.7 Å². The number of anilines is 1. The average Bonchev–Trinajstić information content (AvgIpc) is 3.08. The normalized spacial score (nSPS) is 22.9. The summed E-state index contributed by atoms with van der Waals surface area (Å²) in [5.74, 6) is -7.82. The zero-order chi connectivity index (χ0) is 28.8. The zero-order valence-electron chi connectivity index (χ0n) is 22.4. The summed E-state index contributed by atoms with van der Waals surface area (Å²) in [6, 6.07) is 1.31. The van der Waals surface area contributed by atoms with E-state index in [1.807, 2.05) is 0 Å². The van der Waals surface area contributed by atoms with E-state index in [0.717, 1.165) is 4.57 Å². The minimum Gasteiger partial charge on any atom is -0.459 e. The van der Waals surface area contributed by atoms with Crippen molar-refractivity contribution in [2.75, 3.05) is 18.7 Å². The summed E-state index contributed by atoms with van der Waals surface area (Å²) < 4.78 is 43.3. The molecule has 0 aromatic carbocycles. The van der Waals surface area contributed by atoms with E-state index < -0.39 is 78.2 Å². The number of alkyl halides is 1. The number of hydrogen-bond donors (Lipinski definition) is 1. The van der Waals surface area contributed by atoms with Crippen LogP contribution in [0, 0.1) is 17.8 Å². The minimum atomic E-state index is -2.98. The number of nitrogens with one attached hydrogen (secondary N) is 1. The number of rotatable bonds is 11. The van der Waals surface area contributed by atoms with E-state index in [4.69, 9.17) is 23.7 Å². The quantitative estimate of drug-likeness (QED) is 0.245. The summed E-state index contributed by atoms with van der Waals surface area (Å²) in [5, 5.41) is 2.61. The number of carbonyl (C=O) groups is 4. The number of nitrogens with zero attached hydrogens (tertiary/aromatic N) is 2. The second-order valence-corrected chi connectivity index (χ2v) is 9.59. The Morgan fingerprint density at radius 1 is 1.03 bits per heavy atom. The second kappa shape index (κ2) is 12.8. The van der Waals surface area contributed by atoms with Crippen LogP contribution in [0.2, 0.25) is 0 Å². The fourth-order valence-corrected chi connectivity index (χ4v) is 3.12. The summed E-state index contributed by atoms with van der Waals surface area (Å²) in [5.41, 5.74) is -0.953. The van der Waals surface area contributed by atoms with E-state index >= 15 is 4.39 Å². The molecule has 1 aliphatic rings. The Morgan fingerprint density at radius 3 is 2.13 bits per heavy atom. The Kier molecular flexibility index (Phi) is 10.3. The molecule has 13 nitrogen and oxygen atoms in total. The minimum absolute atomic E-state index is 0.0291. The molecule has 0 aliphatic carbocycles. The number of halogens is 1. The lowest BCUT2D eigenvalue weighted by Gasteiger charge is -2.28. The standard InChI is InChI=1S/C24H34FN3O10/c1-12(2)20(30)34-10-24(25)18(37-22(32)14(5)6)17(36-21(31)13(3)4)19(38-24)28-9-8-16(27-23(28)33)26-11-35-15(7)29/h8-9,12-14,17-19H,10-11H2,1-7H3,(H,26,27,33)/t17-,18+,19-,24-/m1/s1. The molecule has 1 aromatic heterocycles. The first-order chi connectivity index (χ1) is 17.7. The van der Waals surface area contributed by atoms with Crippen LogP contribution in [0.15, 0.2) is 17.1 Å². The lowest BCUT2D eigenvalue weighted by molar-refractivity contribution is -0.226. The number of aromatic nitrogens is 2. The van der Waals surface area contributed by atoms with Gasteiger partial charge in [-0.15, -0.1) is 0 Å². The smallest absolute Gasteiger partial charge is 0.351 e. The highest BCUT2D eigenvalue weighted by Gasteiger charge is 2.62. The molecular formula is C24H34FN3O10. The Morgan fingerprint density at radius 2 is 1.61 bits per heavy atom. The van der Waals surface area contributed by atoms with Crippen LogP contribution < -0.4 is 11.0 Å². The van der Waals surface area contributed by atoms with Crippen molar-refractivity contribution in [3.05, 3.63) is 22.7 Å². The monoisotopic (exact) mass is 543 g/mol. The van der Waals surface area contributed by atoms with Gasteiger partial charge >= 0.3 is 29.6 Å². The largest absolute Gasteiger partial charge is 0.459 e. The van der Waals surface area contributed by atoms with Crippen molar-refractivity contribution in [1.82, 2.24) is 9.55 Å². The van der Waals surface area contributed by atoms with Crippen LogP contribution in [0.25, 0.3) is 0 Å². The third-order valence-corrected chi connectivity index (χ3v) is 5.27. The van der Waals surface area contributed by atoms with Gasteiger partial charge in [0, 0.05) is 13.1 Å². The molecule has 1 aromatic rings. The van der Waals surface area contributed by atoms with Crippen molar-refractivity contribution < 1.29 is 47.3 Å². The maximum atomic E-state index is 16.4. The highest BCUT2D eigenvalue weighted by molar-refractivity contribution is 5.73. The lowest BCUT2D eigenvalue weighted by Crippen LogP contribution is -2.48. The maximum absolute atomic E-state index is 16.4. The van der Waals surface area contributed by atoms with Gasteiger partial charge in [0.2, 0.25) is 6.10 Å². The van der Waals surface area contributed by atoms with Crippen molar-refractivity contribution in [1.29, 1.82) is 0 Å². The molecule has 0 saturated carbocycles. The Balaban J connectivity index is 2.50. The first kappa shape index (κ1) is 30.7. The first-order valence-electron chi connectivity index (χ1n) is 12.1. The van der Waals surface area contributed by atoms with E-state index in [-0.39, 0.29) is 12.5 Å². The molecule has 0 radical (unpaired) electrons. The predicted octanol–water partition coefficient (Wildman–Crippen LogP) is 1.71. The SMILES string of the molecule is CC(=O)OCNc1ccn([C@@H]2O[C@](F)(COC(=O)C(C)C)[C@@H](OC(=O)C(C)C)[C@H]2OC(=O)C(C)C)c(=O)n1. The van der Waals surface area contributed by atoms with Crippen LogP contribution in [-0.4, -0.2) is 64.8 Å². The van der Waals surface area contributed by atoms with Crippen molar-refractivity contribution >= 4 is 29.7 Å². The fraction of sp³-hybridized carbons (Fsp3) is 0.667. The van der Waals surface area contributed by atoms with Crippen LogP contribution in [0.4, 0.5) is 10.2 Å². The van der Waals surface area contributed by atoms with Gasteiger partial charge in [0.1, 0.15) is 5.82 Å². The molecule has 0 amide bonds. The molecule has 0 unspecified atom stereocenters. The number of carbonyl (C=O) groups excluding carboxylic acids is 4. The maximum Gasteiger partial charge on any atom is 0.351 e. The number of hydrogen-bond acceptors (Lipinski definition) is 12. The highest BCUT2D eigenvalue weighted by Crippen LogP contribution is 2.42. The van der Waals surface area contributed by atoms with Crippen LogP contribution in [0.5, 0.6) is 0 Å². The third kappa shape index (κ3) is 7.73. The molecule has 212 valence electrons. The number of esters is 4. The van der Waals surface area contributed by atoms with Crippen LogP contribution in [0.3, 0.4) is 0 Å². The van der Waals surface area contributed by atoms with E-state index in [1.54, 1.807) is 0 Å². The Labute approximate surface area is 218 Å². The molecule has 1 N–H and O–H groups in total. The van der Waals surface area contributed by atoms with Gasteiger partial charge in [0.25, 0.3) is 5.85 Å². The molecule has 1 fully saturated rings. The van der Waals surface area contributed by atoms with Crippen molar-refractivity contribution in [2.24, 2.45) is 17.8 Å². The van der Waals surface area contributed by atoms with Crippen molar-refractivity contribution in [2.45, 2.75) is 72.8 Å². The van der Waals surface area contributed by atoms with E-state index in [0.29, 0.717) is 0 Å². The molecular weight excluding hydrogens is 509 g/mol. The Hall–Kier alpha value is -3.55. The number of ether oxygens (including phenoxy) is 5. The van der Waals surface area contributed by atoms with Crippen molar-refractivity contribution in [3.8, 4) is 0 Å². The van der Waals surface area contributed by atoms with Crippen LogP contribution >= 0.6 is 0 Å². The van der Waals surface area contributed by atoms with E-state index in [9.17, 15) is 24.0 Å². The molecule has 1 aliphatic heterocycles. The molecule has 38 heavy (non-hydrogen) atoms. The van der Waals surface area contributed by atoms with Gasteiger partial charge in [0.15, 0.2) is 25.7 Å². The molecule has 0 bridgehead atoms. The highest BCUT2D eigenvalue weighted by atomic mass is 19.2. The van der Waals surface area contributed by atoms with Gasteiger partial charge in [-0.05, 0) is 6.07 Å². The van der Waals surface area contributed by atoms with E-state index in [2.05, 4.69) is 10.3 Å². The predicted molar refractivity (Wildman–Crippen MR) is 128 cm³/mol. The molecule has 2 heterocycles. The summed E-state index contributed by atoms with van der Waals surface area (Å²) in [4.78, 5) is 64.7. The van der Waals surface area contributed by atoms with Crippen molar-refractivity contribution in [3.63, 3.8) is 0 Å². The fourth-order valence-electron chi connectivity index (χ4n) is 3.12. The molecule has 2 rings (SSSR count). The van der Waals surface area contributed by atoms with Gasteiger partial charge in [-0.3, -0.25) is 23.7 Å². The topological polar surface area (TPSA) is 161 Å². The molecule has 1 saturated heterocycles. The van der Waals surface area contributed by atoms with Gasteiger partial charge in [0.05, 0.1) is 17.8 Å². The van der Waals surface area contributed by atoms with E-state index in [1.165, 1.54) is 60.7 Å². The average molecular weight is 544 g/mol. The third-order valence-electron chi connectivity index (χ3n) is 5.27. The van der Waals surface area contributed by atoms with Gasteiger partial charge in [-0.2, -0.15) is 4.98 Å². The Bertz CT molecular complexity index is 1090. The zero-order valence-corrected chi connectivity index (χ0v) is 22.4. The summed E-state index contributed by atoms with van der Waals surface area (Å²) >= 11 is 0. The summed E-state index contributed by atoms with van der Waals surface area (Å²) in [6.45, 7) is 9.11. The van der Waals surface area contributed by atoms with Gasteiger partial charge in [-0.1, -0.05) is 41.5 Å². The van der Waals surface area contributed by atoms with Crippen LogP contribution in [-0.2, 0) is 42.9 Å².